The average Bonchev–Trinajstić information content (AvgIpc) is 2.60. The van der Waals surface area contributed by atoms with E-state index in [-0.39, 0.29) is 0 Å². The summed E-state index contributed by atoms with van der Waals surface area (Å²) in [5.74, 6) is 0. The summed E-state index contributed by atoms with van der Waals surface area (Å²) < 4.78 is 2.16. The van der Waals surface area contributed by atoms with Crippen molar-refractivity contribution >= 4 is 6.29 Å². The fourth-order valence-electron chi connectivity index (χ4n) is 2.49. The van der Waals surface area contributed by atoms with Crippen LogP contribution in [-0.2, 0) is 6.42 Å². The van der Waals surface area contributed by atoms with Gasteiger partial charge >= 0.3 is 0 Å². The van der Waals surface area contributed by atoms with Gasteiger partial charge in [0.05, 0.1) is 0 Å². The summed E-state index contributed by atoms with van der Waals surface area (Å²) in [7, 11) is 0. The lowest BCUT2D eigenvalue weighted by atomic mass is 10.1. The van der Waals surface area contributed by atoms with Crippen molar-refractivity contribution in [2.24, 2.45) is 0 Å². The highest BCUT2D eigenvalue weighted by Gasteiger charge is 2.16. The Labute approximate surface area is 102 Å². The van der Waals surface area contributed by atoms with Crippen LogP contribution >= 0.6 is 0 Å². The van der Waals surface area contributed by atoms with E-state index in [0.717, 1.165) is 35.2 Å². The van der Waals surface area contributed by atoms with Crippen LogP contribution in [0, 0.1) is 13.8 Å². The molecular weight excluding hydrogens is 210 g/mol. The minimum Gasteiger partial charge on any atom is -0.317 e. The predicted octanol–water partition coefficient (Wildman–Crippen LogP) is 3.47. The molecule has 0 unspecified atom stereocenters. The molecule has 0 atom stereocenters. The van der Waals surface area contributed by atoms with Gasteiger partial charge in [-0.05, 0) is 38.0 Å². The Morgan fingerprint density at radius 2 is 1.76 bits per heavy atom. The summed E-state index contributed by atoms with van der Waals surface area (Å²) in [6.07, 6.45) is 1.86. The van der Waals surface area contributed by atoms with E-state index < -0.39 is 0 Å². The first-order chi connectivity index (χ1) is 8.20. The number of aromatic nitrogens is 1. The second-order valence-electron chi connectivity index (χ2n) is 4.21. The van der Waals surface area contributed by atoms with Crippen LogP contribution in [0.25, 0.3) is 5.69 Å². The minimum atomic E-state index is 0.842. The lowest BCUT2D eigenvalue weighted by Crippen LogP contribution is -1.99. The van der Waals surface area contributed by atoms with Crippen LogP contribution in [0.5, 0.6) is 0 Å². The first-order valence-electron chi connectivity index (χ1n) is 5.92. The SMILES string of the molecule is CCc1c(C=O)c(C)n(-c2ccccc2)c1C. The third kappa shape index (κ3) is 1.80. The van der Waals surface area contributed by atoms with Crippen molar-refractivity contribution in [2.75, 3.05) is 0 Å². The Morgan fingerprint density at radius 1 is 1.12 bits per heavy atom. The van der Waals surface area contributed by atoms with Gasteiger partial charge in [0.1, 0.15) is 0 Å². The number of rotatable bonds is 3. The van der Waals surface area contributed by atoms with Crippen molar-refractivity contribution in [3.05, 3.63) is 52.8 Å². The molecule has 2 nitrogen and oxygen atoms in total. The molecule has 0 radical (unpaired) electrons. The van der Waals surface area contributed by atoms with E-state index in [0.29, 0.717) is 0 Å². The van der Waals surface area contributed by atoms with Crippen molar-refractivity contribution in [3.8, 4) is 5.69 Å². The average molecular weight is 227 g/mol. The quantitative estimate of drug-likeness (QED) is 0.736. The number of hydrogen-bond donors (Lipinski definition) is 0. The molecule has 88 valence electrons. The van der Waals surface area contributed by atoms with Gasteiger partial charge in [0.2, 0.25) is 0 Å². The van der Waals surface area contributed by atoms with Gasteiger partial charge in [0.15, 0.2) is 6.29 Å². The maximum absolute atomic E-state index is 11.2. The van der Waals surface area contributed by atoms with Crippen molar-refractivity contribution in [1.82, 2.24) is 4.57 Å². The van der Waals surface area contributed by atoms with E-state index in [9.17, 15) is 4.79 Å². The zero-order valence-electron chi connectivity index (χ0n) is 10.5. The van der Waals surface area contributed by atoms with Crippen LogP contribution in [0.1, 0.15) is 34.2 Å². The lowest BCUT2D eigenvalue weighted by Gasteiger charge is -2.09. The monoisotopic (exact) mass is 227 g/mol. The maximum Gasteiger partial charge on any atom is 0.152 e. The van der Waals surface area contributed by atoms with Gasteiger partial charge in [-0.3, -0.25) is 4.79 Å². The molecule has 0 aliphatic rings. The molecule has 0 aliphatic heterocycles. The van der Waals surface area contributed by atoms with Crippen LogP contribution in [-0.4, -0.2) is 10.9 Å². The summed E-state index contributed by atoms with van der Waals surface area (Å²) >= 11 is 0. The summed E-state index contributed by atoms with van der Waals surface area (Å²) in [6.45, 7) is 6.17. The largest absolute Gasteiger partial charge is 0.317 e. The Balaban J connectivity index is 2.71. The second kappa shape index (κ2) is 4.58. The van der Waals surface area contributed by atoms with Crippen LogP contribution in [0.15, 0.2) is 30.3 Å². The van der Waals surface area contributed by atoms with Gasteiger partial charge in [0.25, 0.3) is 0 Å². The van der Waals surface area contributed by atoms with E-state index >= 15 is 0 Å². The van der Waals surface area contributed by atoms with Gasteiger partial charge < -0.3 is 4.57 Å². The van der Waals surface area contributed by atoms with Crippen LogP contribution < -0.4 is 0 Å². The molecule has 2 heteroatoms. The number of carbonyl (C=O) groups is 1. The van der Waals surface area contributed by atoms with Gasteiger partial charge in [-0.25, -0.2) is 0 Å². The fraction of sp³-hybridized carbons (Fsp3) is 0.267. The minimum absolute atomic E-state index is 0.842. The van der Waals surface area contributed by atoms with Gasteiger partial charge in [-0.1, -0.05) is 25.1 Å². The number of aldehydes is 1. The number of benzene rings is 1. The molecule has 0 spiro atoms. The van der Waals surface area contributed by atoms with Crippen molar-refractivity contribution in [2.45, 2.75) is 27.2 Å². The molecule has 1 aromatic carbocycles. The van der Waals surface area contributed by atoms with Gasteiger partial charge in [0, 0.05) is 22.6 Å². The molecule has 1 aromatic heterocycles. The van der Waals surface area contributed by atoms with Crippen molar-refractivity contribution < 1.29 is 4.79 Å². The van der Waals surface area contributed by atoms with Crippen LogP contribution in [0.4, 0.5) is 0 Å². The Kier molecular flexibility index (Phi) is 3.14. The third-order valence-electron chi connectivity index (χ3n) is 3.31. The highest BCUT2D eigenvalue weighted by molar-refractivity contribution is 5.80. The third-order valence-corrected chi connectivity index (χ3v) is 3.31. The van der Waals surface area contributed by atoms with E-state index in [1.54, 1.807) is 0 Å². The highest BCUT2D eigenvalue weighted by atomic mass is 16.1. The number of hydrogen-bond acceptors (Lipinski definition) is 1. The molecule has 2 aromatic rings. The molecule has 2 rings (SSSR count). The second-order valence-corrected chi connectivity index (χ2v) is 4.21. The maximum atomic E-state index is 11.2. The molecule has 0 amide bonds. The molecule has 0 saturated heterocycles. The summed E-state index contributed by atoms with van der Waals surface area (Å²) in [5, 5.41) is 0. The molecule has 0 saturated carbocycles. The molecule has 0 fully saturated rings. The number of nitrogens with zero attached hydrogens (tertiary/aromatic N) is 1. The highest BCUT2D eigenvalue weighted by Crippen LogP contribution is 2.25. The first-order valence-corrected chi connectivity index (χ1v) is 5.92. The number of para-hydroxylation sites is 1. The Morgan fingerprint density at radius 3 is 2.24 bits per heavy atom. The summed E-state index contributed by atoms with van der Waals surface area (Å²) in [6, 6.07) is 10.2. The van der Waals surface area contributed by atoms with E-state index in [2.05, 4.69) is 30.5 Å². The van der Waals surface area contributed by atoms with Gasteiger partial charge in [-0.2, -0.15) is 0 Å². The summed E-state index contributed by atoms with van der Waals surface area (Å²) in [4.78, 5) is 11.2. The molecule has 0 aliphatic carbocycles. The summed E-state index contributed by atoms with van der Waals surface area (Å²) in [5.41, 5.74) is 5.30. The van der Waals surface area contributed by atoms with Crippen molar-refractivity contribution in [3.63, 3.8) is 0 Å². The molecule has 0 bridgehead atoms. The van der Waals surface area contributed by atoms with Crippen molar-refractivity contribution in [1.29, 1.82) is 0 Å². The Hall–Kier alpha value is -1.83. The van der Waals surface area contributed by atoms with Crippen LogP contribution in [0.3, 0.4) is 0 Å². The van der Waals surface area contributed by atoms with E-state index in [1.165, 1.54) is 5.69 Å². The predicted molar refractivity (Wildman–Crippen MR) is 70.0 cm³/mol. The van der Waals surface area contributed by atoms with E-state index in [1.807, 2.05) is 25.1 Å². The molecule has 1 heterocycles. The molecular formula is C15H17NO. The smallest absolute Gasteiger partial charge is 0.152 e. The van der Waals surface area contributed by atoms with Crippen LogP contribution in [0.2, 0.25) is 0 Å². The van der Waals surface area contributed by atoms with Gasteiger partial charge in [-0.15, -0.1) is 0 Å². The Bertz CT molecular complexity index is 538. The lowest BCUT2D eigenvalue weighted by molar-refractivity contribution is 0.112. The zero-order valence-corrected chi connectivity index (χ0v) is 10.5. The standard InChI is InChI=1S/C15H17NO/c1-4-14-11(2)16(12(3)15(14)10-17)13-8-6-5-7-9-13/h5-10H,4H2,1-3H3. The fourth-order valence-corrected chi connectivity index (χ4v) is 2.49. The molecule has 17 heavy (non-hydrogen) atoms. The topological polar surface area (TPSA) is 22.0 Å². The number of carbonyl (C=O) groups excluding carboxylic acids is 1. The zero-order chi connectivity index (χ0) is 12.4. The molecule has 0 N–H and O–H groups in total. The van der Waals surface area contributed by atoms with E-state index in [4.69, 9.17) is 0 Å². The normalized spacial score (nSPS) is 10.5. The first kappa shape index (κ1) is 11.6.